The van der Waals surface area contributed by atoms with E-state index in [9.17, 15) is 13.2 Å². The molecule has 1 amide bonds. The number of hydrogen-bond donors (Lipinski definition) is 2. The Labute approximate surface area is 151 Å². The summed E-state index contributed by atoms with van der Waals surface area (Å²) in [5.41, 5.74) is 1.30. The molecule has 0 atom stereocenters. The zero-order valence-electron chi connectivity index (χ0n) is 14.8. The minimum absolute atomic E-state index is 0.140. The summed E-state index contributed by atoms with van der Waals surface area (Å²) in [6.45, 7) is 0. The summed E-state index contributed by atoms with van der Waals surface area (Å²) in [6, 6.07) is 5.06. The predicted octanol–water partition coefficient (Wildman–Crippen LogP) is 1.52. The van der Waals surface area contributed by atoms with Gasteiger partial charge in [0.1, 0.15) is 0 Å². The predicted molar refractivity (Wildman–Crippen MR) is 98.0 cm³/mol. The van der Waals surface area contributed by atoms with Gasteiger partial charge in [0.25, 0.3) is 0 Å². The van der Waals surface area contributed by atoms with Crippen LogP contribution in [-0.2, 0) is 14.8 Å². The Balaban J connectivity index is 1.76. The summed E-state index contributed by atoms with van der Waals surface area (Å²) in [7, 11) is -0.159. The van der Waals surface area contributed by atoms with Crippen LogP contribution in [0, 0.1) is 5.92 Å². The van der Waals surface area contributed by atoms with Crippen LogP contribution in [-0.4, -0.2) is 45.8 Å². The topological polar surface area (TPSA) is 107 Å². The van der Waals surface area contributed by atoms with E-state index in [0.717, 1.165) is 11.6 Å². The van der Waals surface area contributed by atoms with E-state index in [0.29, 0.717) is 35.5 Å². The number of rotatable bonds is 6. The van der Waals surface area contributed by atoms with Crippen molar-refractivity contribution in [1.82, 2.24) is 9.71 Å². The van der Waals surface area contributed by atoms with E-state index in [-0.39, 0.29) is 17.9 Å². The molecule has 1 aliphatic carbocycles. The molecule has 0 aliphatic heterocycles. The van der Waals surface area contributed by atoms with Crippen molar-refractivity contribution < 1.29 is 22.7 Å². The lowest BCUT2D eigenvalue weighted by atomic mass is 9.80. The quantitative estimate of drug-likeness (QED) is 0.788. The van der Waals surface area contributed by atoms with Crippen LogP contribution in [0.1, 0.15) is 12.8 Å². The van der Waals surface area contributed by atoms with Gasteiger partial charge in [0.05, 0.1) is 31.7 Å². The van der Waals surface area contributed by atoms with Gasteiger partial charge in [0, 0.05) is 29.6 Å². The summed E-state index contributed by atoms with van der Waals surface area (Å²) < 4.78 is 35.5. The SMILES string of the molecule is COc1cc2nccc(NC(=O)C3CC(NS(C)(=O)=O)C3)c2cc1OC. The summed E-state index contributed by atoms with van der Waals surface area (Å²) >= 11 is 0. The highest BCUT2D eigenvalue weighted by atomic mass is 32.2. The van der Waals surface area contributed by atoms with E-state index in [1.54, 1.807) is 38.6 Å². The highest BCUT2D eigenvalue weighted by Gasteiger charge is 2.36. The van der Waals surface area contributed by atoms with Gasteiger partial charge in [-0.25, -0.2) is 13.1 Å². The number of ether oxygens (including phenoxy) is 2. The first kappa shape index (κ1) is 18.4. The molecule has 0 saturated heterocycles. The normalized spacial score (nSPS) is 19.7. The number of benzene rings is 1. The minimum Gasteiger partial charge on any atom is -0.493 e. The van der Waals surface area contributed by atoms with Gasteiger partial charge in [-0.05, 0) is 25.0 Å². The fraction of sp³-hybridized carbons (Fsp3) is 0.412. The van der Waals surface area contributed by atoms with Crippen molar-refractivity contribution >= 4 is 32.5 Å². The van der Waals surface area contributed by atoms with E-state index in [4.69, 9.17) is 9.47 Å². The fourth-order valence-corrected chi connectivity index (χ4v) is 3.85. The van der Waals surface area contributed by atoms with Crippen LogP contribution >= 0.6 is 0 Å². The van der Waals surface area contributed by atoms with E-state index < -0.39 is 10.0 Å². The molecule has 1 fully saturated rings. The van der Waals surface area contributed by atoms with Crippen LogP contribution in [0.25, 0.3) is 10.9 Å². The Hall–Kier alpha value is -2.39. The van der Waals surface area contributed by atoms with E-state index >= 15 is 0 Å². The smallest absolute Gasteiger partial charge is 0.227 e. The second-order valence-electron chi connectivity index (χ2n) is 6.33. The number of pyridine rings is 1. The molecule has 1 aliphatic rings. The monoisotopic (exact) mass is 379 g/mol. The average Bonchev–Trinajstić information content (AvgIpc) is 2.55. The van der Waals surface area contributed by atoms with E-state index in [1.807, 2.05) is 0 Å². The molecule has 3 rings (SSSR count). The number of nitrogens with one attached hydrogen (secondary N) is 2. The van der Waals surface area contributed by atoms with Crippen LogP contribution in [0.4, 0.5) is 5.69 Å². The summed E-state index contributed by atoms with van der Waals surface area (Å²) in [5, 5.41) is 3.65. The molecular formula is C17H21N3O5S. The number of anilines is 1. The molecule has 9 heteroatoms. The third-order valence-electron chi connectivity index (χ3n) is 4.39. The van der Waals surface area contributed by atoms with Crippen LogP contribution in [0.3, 0.4) is 0 Å². The number of fused-ring (bicyclic) bond motifs is 1. The Morgan fingerprint density at radius 2 is 1.85 bits per heavy atom. The molecule has 0 spiro atoms. The van der Waals surface area contributed by atoms with Gasteiger partial charge in [0.15, 0.2) is 11.5 Å². The lowest BCUT2D eigenvalue weighted by Gasteiger charge is -2.34. The first-order chi connectivity index (χ1) is 12.3. The Morgan fingerprint density at radius 1 is 1.19 bits per heavy atom. The second-order valence-corrected chi connectivity index (χ2v) is 8.11. The highest BCUT2D eigenvalue weighted by molar-refractivity contribution is 7.88. The average molecular weight is 379 g/mol. The van der Waals surface area contributed by atoms with Gasteiger partial charge >= 0.3 is 0 Å². The number of methoxy groups -OCH3 is 2. The maximum atomic E-state index is 12.5. The number of amides is 1. The molecule has 1 aromatic carbocycles. The van der Waals surface area contributed by atoms with Crippen LogP contribution in [0.5, 0.6) is 11.5 Å². The van der Waals surface area contributed by atoms with Crippen molar-refractivity contribution in [3.05, 3.63) is 24.4 Å². The first-order valence-electron chi connectivity index (χ1n) is 8.09. The first-order valence-corrected chi connectivity index (χ1v) is 9.98. The molecule has 0 bridgehead atoms. The molecule has 1 heterocycles. The van der Waals surface area contributed by atoms with Crippen molar-refractivity contribution in [2.45, 2.75) is 18.9 Å². The fourth-order valence-electron chi connectivity index (χ4n) is 3.05. The summed E-state index contributed by atoms with van der Waals surface area (Å²) in [5.74, 6) is 0.741. The number of carbonyl (C=O) groups is 1. The van der Waals surface area contributed by atoms with Crippen molar-refractivity contribution in [2.75, 3.05) is 25.8 Å². The Bertz CT molecular complexity index is 939. The number of aromatic nitrogens is 1. The molecule has 0 unspecified atom stereocenters. The van der Waals surface area contributed by atoms with Gasteiger partial charge in [-0.3, -0.25) is 9.78 Å². The molecule has 1 aromatic heterocycles. The summed E-state index contributed by atoms with van der Waals surface area (Å²) in [4.78, 5) is 16.8. The Morgan fingerprint density at radius 3 is 2.46 bits per heavy atom. The van der Waals surface area contributed by atoms with Crippen LogP contribution in [0.2, 0.25) is 0 Å². The van der Waals surface area contributed by atoms with Gasteiger partial charge in [-0.1, -0.05) is 0 Å². The molecule has 1 saturated carbocycles. The number of nitrogens with zero attached hydrogens (tertiary/aromatic N) is 1. The maximum Gasteiger partial charge on any atom is 0.227 e. The molecular weight excluding hydrogens is 358 g/mol. The van der Waals surface area contributed by atoms with Crippen LogP contribution in [0.15, 0.2) is 24.4 Å². The van der Waals surface area contributed by atoms with E-state index in [2.05, 4.69) is 15.0 Å². The van der Waals surface area contributed by atoms with Gasteiger partial charge < -0.3 is 14.8 Å². The van der Waals surface area contributed by atoms with Gasteiger partial charge in [-0.2, -0.15) is 0 Å². The van der Waals surface area contributed by atoms with Crippen molar-refractivity contribution in [3.8, 4) is 11.5 Å². The molecule has 26 heavy (non-hydrogen) atoms. The van der Waals surface area contributed by atoms with Crippen LogP contribution < -0.4 is 19.5 Å². The molecule has 0 radical (unpaired) electrons. The maximum absolute atomic E-state index is 12.5. The largest absolute Gasteiger partial charge is 0.493 e. The van der Waals surface area contributed by atoms with Crippen molar-refractivity contribution in [2.24, 2.45) is 5.92 Å². The number of sulfonamides is 1. The third kappa shape index (κ3) is 3.88. The third-order valence-corrected chi connectivity index (χ3v) is 5.16. The standard InChI is InChI=1S/C17H21N3O5S/c1-24-15-8-12-13(4-5-18-14(12)9-16(15)25-2)19-17(21)10-6-11(7-10)20-26(3,22)23/h4-5,8-11,20H,6-7H2,1-3H3,(H,18,19,21). The molecule has 2 aromatic rings. The second kappa shape index (κ2) is 7.08. The van der Waals surface area contributed by atoms with E-state index in [1.165, 1.54) is 0 Å². The summed E-state index contributed by atoms with van der Waals surface area (Å²) in [6.07, 6.45) is 3.70. The van der Waals surface area contributed by atoms with Gasteiger partial charge in [0.2, 0.25) is 15.9 Å². The zero-order chi connectivity index (χ0) is 18.9. The highest BCUT2D eigenvalue weighted by Crippen LogP contribution is 2.35. The lowest BCUT2D eigenvalue weighted by Crippen LogP contribution is -2.47. The Kier molecular flexibility index (Phi) is 5.01. The lowest BCUT2D eigenvalue weighted by molar-refractivity contribution is -0.122. The number of hydrogen-bond acceptors (Lipinski definition) is 6. The minimum atomic E-state index is -3.25. The molecule has 8 nitrogen and oxygen atoms in total. The molecule has 140 valence electrons. The van der Waals surface area contributed by atoms with Crippen molar-refractivity contribution in [3.63, 3.8) is 0 Å². The van der Waals surface area contributed by atoms with Crippen molar-refractivity contribution in [1.29, 1.82) is 0 Å². The molecule has 2 N–H and O–H groups in total. The number of carbonyl (C=O) groups excluding carboxylic acids is 1. The zero-order valence-corrected chi connectivity index (χ0v) is 15.6. The van der Waals surface area contributed by atoms with Gasteiger partial charge in [-0.15, -0.1) is 0 Å².